The van der Waals surface area contributed by atoms with Gasteiger partial charge in [-0.1, -0.05) is 0 Å². The van der Waals surface area contributed by atoms with Gasteiger partial charge in [-0.3, -0.25) is 4.79 Å². The molecule has 5 rings (SSSR count). The molecule has 1 aromatic rings. The summed E-state index contributed by atoms with van der Waals surface area (Å²) >= 11 is 0. The van der Waals surface area contributed by atoms with Crippen molar-refractivity contribution in [1.29, 1.82) is 0 Å². The van der Waals surface area contributed by atoms with E-state index in [1.807, 2.05) is 0 Å². The van der Waals surface area contributed by atoms with Gasteiger partial charge in [0.25, 0.3) is 5.91 Å². The predicted molar refractivity (Wildman–Crippen MR) is 81.0 cm³/mol. The highest BCUT2D eigenvalue weighted by Crippen LogP contribution is 2.61. The maximum Gasteiger partial charge on any atom is 0.333 e. The molecule has 1 atom stereocenters. The molecule has 23 heavy (non-hydrogen) atoms. The molecule has 1 aromatic heterocycles. The van der Waals surface area contributed by atoms with Crippen molar-refractivity contribution in [2.24, 2.45) is 23.2 Å². The van der Waals surface area contributed by atoms with Gasteiger partial charge in [0.2, 0.25) is 0 Å². The number of rotatable bonds is 4. The molecule has 0 aliphatic heterocycles. The minimum atomic E-state index is -2.71. The second-order valence-electron chi connectivity index (χ2n) is 7.93. The van der Waals surface area contributed by atoms with E-state index >= 15 is 0 Å². The Labute approximate surface area is 134 Å². The van der Waals surface area contributed by atoms with Crippen LogP contribution in [0.15, 0.2) is 12.3 Å². The summed E-state index contributed by atoms with van der Waals surface area (Å²) in [5.41, 5.74) is 0.275. The van der Waals surface area contributed by atoms with Crippen molar-refractivity contribution in [2.45, 2.75) is 58.0 Å². The number of halogens is 2. The van der Waals surface area contributed by atoms with Crippen molar-refractivity contribution < 1.29 is 13.6 Å². The Morgan fingerprint density at radius 3 is 2.30 bits per heavy atom. The van der Waals surface area contributed by atoms with Crippen molar-refractivity contribution in [1.82, 2.24) is 15.1 Å². The second-order valence-corrected chi connectivity index (χ2v) is 7.93. The number of alkyl halides is 2. The van der Waals surface area contributed by atoms with Gasteiger partial charge in [0.1, 0.15) is 5.69 Å². The Balaban J connectivity index is 1.47. The zero-order chi connectivity index (χ0) is 16.2. The van der Waals surface area contributed by atoms with E-state index in [-0.39, 0.29) is 23.1 Å². The third-order valence-electron chi connectivity index (χ3n) is 6.39. The number of hydrogen-bond acceptors (Lipinski definition) is 2. The van der Waals surface area contributed by atoms with E-state index in [0.717, 1.165) is 24.0 Å². The first-order chi connectivity index (χ1) is 10.9. The molecule has 4 aliphatic carbocycles. The van der Waals surface area contributed by atoms with Crippen LogP contribution >= 0.6 is 0 Å². The fourth-order valence-electron chi connectivity index (χ4n) is 5.70. The van der Waals surface area contributed by atoms with Gasteiger partial charge in [0.15, 0.2) is 0 Å². The normalized spacial score (nSPS) is 36.4. The Morgan fingerprint density at radius 1 is 1.26 bits per heavy atom. The Hall–Kier alpha value is -1.46. The van der Waals surface area contributed by atoms with Crippen LogP contribution in [0.3, 0.4) is 0 Å². The van der Waals surface area contributed by atoms with E-state index in [0.29, 0.717) is 4.68 Å². The van der Waals surface area contributed by atoms with Crippen LogP contribution in [0.2, 0.25) is 0 Å². The van der Waals surface area contributed by atoms with Gasteiger partial charge in [-0.25, -0.2) is 4.68 Å². The second kappa shape index (κ2) is 5.28. The molecule has 0 aromatic carbocycles. The first-order valence-electron chi connectivity index (χ1n) is 8.59. The van der Waals surface area contributed by atoms with Gasteiger partial charge in [-0.2, -0.15) is 13.9 Å². The van der Waals surface area contributed by atoms with Gasteiger partial charge in [0.05, 0.1) is 0 Å². The van der Waals surface area contributed by atoms with Crippen molar-refractivity contribution in [3.63, 3.8) is 0 Å². The van der Waals surface area contributed by atoms with Crippen LogP contribution < -0.4 is 5.32 Å². The van der Waals surface area contributed by atoms with Crippen LogP contribution in [0.1, 0.15) is 62.5 Å². The fraction of sp³-hybridized carbons (Fsp3) is 0.765. The van der Waals surface area contributed by atoms with Crippen molar-refractivity contribution >= 4 is 5.91 Å². The van der Waals surface area contributed by atoms with Crippen LogP contribution in [0.25, 0.3) is 0 Å². The number of amides is 1. The average molecular weight is 323 g/mol. The molecule has 4 nitrogen and oxygen atoms in total. The first kappa shape index (κ1) is 15.1. The number of carbonyl (C=O) groups excluding carboxylic acids is 1. The summed E-state index contributed by atoms with van der Waals surface area (Å²) in [6.07, 6.45) is 8.83. The van der Waals surface area contributed by atoms with Crippen LogP contribution in [-0.2, 0) is 0 Å². The highest BCUT2D eigenvalue weighted by atomic mass is 19.3. The minimum Gasteiger partial charge on any atom is -0.348 e. The lowest BCUT2D eigenvalue weighted by Gasteiger charge is -2.59. The van der Waals surface area contributed by atoms with Crippen LogP contribution in [0, 0.1) is 23.2 Å². The molecule has 4 fully saturated rings. The van der Waals surface area contributed by atoms with E-state index in [1.54, 1.807) is 0 Å². The molecule has 126 valence electrons. The number of aromatic nitrogens is 2. The number of carbonyl (C=O) groups is 1. The Kier molecular flexibility index (Phi) is 3.46. The molecule has 0 saturated heterocycles. The van der Waals surface area contributed by atoms with E-state index < -0.39 is 6.55 Å². The highest BCUT2D eigenvalue weighted by molar-refractivity contribution is 5.92. The van der Waals surface area contributed by atoms with Gasteiger partial charge in [-0.05, 0) is 74.7 Å². The lowest BCUT2D eigenvalue weighted by Crippen LogP contribution is -2.55. The predicted octanol–water partition coefficient (Wildman–Crippen LogP) is 3.61. The maximum absolute atomic E-state index is 12.6. The highest BCUT2D eigenvalue weighted by Gasteiger charge is 2.53. The largest absolute Gasteiger partial charge is 0.348 e. The lowest BCUT2D eigenvalue weighted by molar-refractivity contribution is -0.0688. The standard InChI is InChI=1S/C17H23F2N3O/c1-10(20-15(23)14-2-3-22(21-14)16(18)19)17-7-11-4-12(8-17)6-13(5-11)9-17/h2-3,10-13,16H,4-9H2,1H3,(H,20,23)/t10-,11?,12?,13?,17?/m0/s1. The summed E-state index contributed by atoms with van der Waals surface area (Å²) in [5.74, 6) is 2.11. The van der Waals surface area contributed by atoms with Gasteiger partial charge in [-0.15, -0.1) is 0 Å². The molecule has 0 unspecified atom stereocenters. The number of hydrogen-bond donors (Lipinski definition) is 1. The van der Waals surface area contributed by atoms with Crippen molar-refractivity contribution in [2.75, 3.05) is 0 Å². The summed E-state index contributed by atoms with van der Waals surface area (Å²) in [6.45, 7) is -0.632. The van der Waals surface area contributed by atoms with Crippen molar-refractivity contribution in [3.05, 3.63) is 18.0 Å². The Morgan fingerprint density at radius 2 is 1.83 bits per heavy atom. The summed E-state index contributed by atoms with van der Waals surface area (Å²) < 4.78 is 25.7. The SMILES string of the molecule is C[C@H](NC(=O)c1ccn(C(F)F)n1)C12CC3CC(CC(C3)C1)C2. The lowest BCUT2D eigenvalue weighted by atomic mass is 9.48. The topological polar surface area (TPSA) is 46.9 Å². The number of nitrogens with one attached hydrogen (secondary N) is 1. The van der Waals surface area contributed by atoms with E-state index in [4.69, 9.17) is 0 Å². The summed E-state index contributed by atoms with van der Waals surface area (Å²) in [4.78, 5) is 12.4. The Bertz CT molecular complexity index is 577. The molecular formula is C17H23F2N3O. The van der Waals surface area contributed by atoms with E-state index in [2.05, 4.69) is 17.3 Å². The van der Waals surface area contributed by atoms with Gasteiger partial charge >= 0.3 is 6.55 Å². The van der Waals surface area contributed by atoms with Gasteiger partial charge < -0.3 is 5.32 Å². The smallest absolute Gasteiger partial charge is 0.333 e. The molecular weight excluding hydrogens is 300 g/mol. The summed E-state index contributed by atoms with van der Waals surface area (Å²) in [6, 6.07) is 1.42. The summed E-state index contributed by atoms with van der Waals surface area (Å²) in [7, 11) is 0. The average Bonchev–Trinajstić information content (AvgIpc) is 2.95. The molecule has 0 radical (unpaired) electrons. The van der Waals surface area contributed by atoms with E-state index in [1.165, 1.54) is 44.6 Å². The molecule has 0 spiro atoms. The maximum atomic E-state index is 12.6. The van der Waals surface area contributed by atoms with Crippen LogP contribution in [0.4, 0.5) is 8.78 Å². The molecule has 4 aliphatic rings. The molecule has 1 heterocycles. The zero-order valence-electron chi connectivity index (χ0n) is 13.3. The number of nitrogens with zero attached hydrogens (tertiary/aromatic N) is 2. The third kappa shape index (κ3) is 2.56. The van der Waals surface area contributed by atoms with Crippen molar-refractivity contribution in [3.8, 4) is 0 Å². The van der Waals surface area contributed by atoms with Crippen LogP contribution in [-0.4, -0.2) is 21.7 Å². The van der Waals surface area contributed by atoms with Crippen LogP contribution in [0.5, 0.6) is 0 Å². The molecule has 4 saturated carbocycles. The quantitative estimate of drug-likeness (QED) is 0.920. The summed E-state index contributed by atoms with van der Waals surface area (Å²) in [5, 5.41) is 6.71. The fourth-order valence-corrected chi connectivity index (χ4v) is 5.70. The molecule has 1 amide bonds. The molecule has 1 N–H and O–H groups in total. The molecule has 4 bridgehead atoms. The monoisotopic (exact) mass is 323 g/mol. The first-order valence-corrected chi connectivity index (χ1v) is 8.59. The zero-order valence-corrected chi connectivity index (χ0v) is 13.3. The van der Waals surface area contributed by atoms with E-state index in [9.17, 15) is 13.6 Å². The minimum absolute atomic E-state index is 0.0695. The molecule has 6 heteroatoms. The van der Waals surface area contributed by atoms with Gasteiger partial charge in [0, 0.05) is 12.2 Å². The third-order valence-corrected chi connectivity index (χ3v) is 6.39.